The summed E-state index contributed by atoms with van der Waals surface area (Å²) in [5, 5.41) is 4.87. The highest BCUT2D eigenvalue weighted by molar-refractivity contribution is 5.83. The number of rotatable bonds is 9. The number of nitrogens with zero attached hydrogens (tertiary/aromatic N) is 2. The lowest BCUT2D eigenvalue weighted by molar-refractivity contribution is -0.121. The Labute approximate surface area is 175 Å². The molecule has 4 aromatic rings. The van der Waals surface area contributed by atoms with E-state index < -0.39 is 0 Å². The van der Waals surface area contributed by atoms with Crippen LogP contribution in [0.3, 0.4) is 0 Å². The predicted molar refractivity (Wildman–Crippen MR) is 119 cm³/mol. The maximum absolute atomic E-state index is 12.5. The van der Waals surface area contributed by atoms with Gasteiger partial charge in [-0.15, -0.1) is 0 Å². The summed E-state index contributed by atoms with van der Waals surface area (Å²) in [6.07, 6.45) is 7.52. The number of carbonyl (C=O) groups excluding carboxylic acids is 1. The van der Waals surface area contributed by atoms with Crippen LogP contribution in [0.5, 0.6) is 0 Å². The van der Waals surface area contributed by atoms with E-state index in [-0.39, 0.29) is 11.5 Å². The summed E-state index contributed by atoms with van der Waals surface area (Å²) in [5.41, 5.74) is 3.07. The van der Waals surface area contributed by atoms with E-state index in [4.69, 9.17) is 0 Å². The molecule has 0 unspecified atom stereocenters. The molecule has 0 aliphatic heterocycles. The number of aromatic nitrogens is 3. The van der Waals surface area contributed by atoms with Crippen LogP contribution in [-0.4, -0.2) is 27.0 Å². The van der Waals surface area contributed by atoms with Crippen LogP contribution in [0.15, 0.2) is 65.8 Å². The van der Waals surface area contributed by atoms with Gasteiger partial charge in [0.25, 0.3) is 5.56 Å². The number of aryl methyl sites for hydroxylation is 1. The van der Waals surface area contributed by atoms with Crippen molar-refractivity contribution >= 4 is 27.7 Å². The van der Waals surface area contributed by atoms with E-state index in [0.29, 0.717) is 24.9 Å². The topological polar surface area (TPSA) is 79.8 Å². The molecule has 6 heteroatoms. The van der Waals surface area contributed by atoms with Crippen LogP contribution in [0.1, 0.15) is 31.2 Å². The summed E-state index contributed by atoms with van der Waals surface area (Å²) in [7, 11) is 0. The number of hydrogen-bond donors (Lipinski definition) is 2. The van der Waals surface area contributed by atoms with Gasteiger partial charge in [0.05, 0.1) is 17.2 Å². The summed E-state index contributed by atoms with van der Waals surface area (Å²) < 4.78 is 1.66. The monoisotopic (exact) mass is 402 g/mol. The van der Waals surface area contributed by atoms with Gasteiger partial charge in [-0.25, -0.2) is 4.98 Å². The van der Waals surface area contributed by atoms with E-state index in [1.165, 1.54) is 10.9 Å². The van der Waals surface area contributed by atoms with Gasteiger partial charge in [-0.3, -0.25) is 14.2 Å². The van der Waals surface area contributed by atoms with E-state index >= 15 is 0 Å². The van der Waals surface area contributed by atoms with Gasteiger partial charge in [-0.05, 0) is 43.0 Å². The number of fused-ring (bicyclic) bond motifs is 2. The van der Waals surface area contributed by atoms with Crippen LogP contribution in [0.4, 0.5) is 0 Å². The fourth-order valence-electron chi connectivity index (χ4n) is 3.77. The standard InChI is InChI=1S/C24H26N4O2/c29-23(25-14-13-18-16-26-21-10-5-3-8-19(18)21)12-2-1-7-15-28-17-27-22-11-6-4-9-20(22)24(28)30/h3-6,8-11,16-17,26H,1-2,7,12-15H2,(H,25,29). The Balaban J connectivity index is 1.16. The molecule has 0 spiro atoms. The summed E-state index contributed by atoms with van der Waals surface area (Å²) in [5.74, 6) is 0.0828. The minimum absolute atomic E-state index is 0.00405. The van der Waals surface area contributed by atoms with Crippen LogP contribution >= 0.6 is 0 Å². The molecule has 0 aliphatic carbocycles. The van der Waals surface area contributed by atoms with Gasteiger partial charge >= 0.3 is 0 Å². The number of amides is 1. The molecule has 0 saturated heterocycles. The molecule has 1 amide bonds. The van der Waals surface area contributed by atoms with E-state index in [0.717, 1.165) is 36.7 Å². The number of carbonyl (C=O) groups is 1. The third-order valence-electron chi connectivity index (χ3n) is 5.43. The smallest absolute Gasteiger partial charge is 0.261 e. The van der Waals surface area contributed by atoms with Gasteiger partial charge in [0, 0.05) is 36.6 Å². The van der Waals surface area contributed by atoms with E-state index in [2.05, 4.69) is 27.4 Å². The van der Waals surface area contributed by atoms with Crippen molar-refractivity contribution in [1.82, 2.24) is 19.9 Å². The van der Waals surface area contributed by atoms with Crippen LogP contribution in [-0.2, 0) is 17.8 Å². The fraction of sp³-hybridized carbons (Fsp3) is 0.292. The zero-order valence-electron chi connectivity index (χ0n) is 16.9. The number of nitrogens with one attached hydrogen (secondary N) is 2. The fourth-order valence-corrected chi connectivity index (χ4v) is 3.77. The number of H-pyrrole nitrogens is 1. The number of para-hydroxylation sites is 2. The molecule has 2 aromatic heterocycles. The Hall–Kier alpha value is -3.41. The zero-order valence-corrected chi connectivity index (χ0v) is 16.9. The van der Waals surface area contributed by atoms with Crippen molar-refractivity contribution in [2.75, 3.05) is 6.54 Å². The molecule has 4 rings (SSSR count). The summed E-state index contributed by atoms with van der Waals surface area (Å²) in [6, 6.07) is 15.6. The van der Waals surface area contributed by atoms with E-state index in [9.17, 15) is 9.59 Å². The predicted octanol–water partition coefficient (Wildman–Crippen LogP) is 3.80. The van der Waals surface area contributed by atoms with Crippen LogP contribution in [0.25, 0.3) is 21.8 Å². The molecule has 0 aliphatic rings. The highest BCUT2D eigenvalue weighted by Gasteiger charge is 2.06. The van der Waals surface area contributed by atoms with Gasteiger partial charge in [0.1, 0.15) is 0 Å². The normalized spacial score (nSPS) is 11.2. The minimum Gasteiger partial charge on any atom is -0.361 e. The quantitative estimate of drug-likeness (QED) is 0.418. The van der Waals surface area contributed by atoms with Crippen LogP contribution in [0.2, 0.25) is 0 Å². The third-order valence-corrected chi connectivity index (χ3v) is 5.43. The zero-order chi connectivity index (χ0) is 20.8. The molecule has 0 radical (unpaired) electrons. The minimum atomic E-state index is -0.00405. The molecule has 0 saturated carbocycles. The van der Waals surface area contributed by atoms with Gasteiger partial charge < -0.3 is 10.3 Å². The van der Waals surface area contributed by atoms with Gasteiger partial charge in [0.2, 0.25) is 5.91 Å². The Morgan fingerprint density at radius 2 is 1.80 bits per heavy atom. The molecule has 2 heterocycles. The van der Waals surface area contributed by atoms with E-state index in [1.54, 1.807) is 10.9 Å². The molecular weight excluding hydrogens is 376 g/mol. The lowest BCUT2D eigenvalue weighted by Gasteiger charge is -2.07. The number of aromatic amines is 1. The molecule has 6 nitrogen and oxygen atoms in total. The molecule has 154 valence electrons. The molecule has 0 atom stereocenters. The van der Waals surface area contributed by atoms with Crippen molar-refractivity contribution in [2.24, 2.45) is 0 Å². The summed E-state index contributed by atoms with van der Waals surface area (Å²) >= 11 is 0. The second kappa shape index (κ2) is 9.39. The van der Waals surface area contributed by atoms with Crippen molar-refractivity contribution in [1.29, 1.82) is 0 Å². The average molecular weight is 402 g/mol. The Morgan fingerprint density at radius 1 is 1.00 bits per heavy atom. The van der Waals surface area contributed by atoms with Gasteiger partial charge in [0.15, 0.2) is 0 Å². The number of hydrogen-bond acceptors (Lipinski definition) is 3. The lowest BCUT2D eigenvalue weighted by atomic mass is 10.1. The van der Waals surface area contributed by atoms with E-state index in [1.807, 2.05) is 42.6 Å². The first kappa shape index (κ1) is 19.9. The molecule has 0 bridgehead atoms. The Bertz CT molecular complexity index is 1210. The van der Waals surface area contributed by atoms with Crippen molar-refractivity contribution in [2.45, 2.75) is 38.6 Å². The highest BCUT2D eigenvalue weighted by Crippen LogP contribution is 2.17. The third kappa shape index (κ3) is 4.59. The molecular formula is C24H26N4O2. The second-order valence-corrected chi connectivity index (χ2v) is 7.53. The number of benzene rings is 2. The van der Waals surface area contributed by atoms with Gasteiger partial charge in [-0.2, -0.15) is 0 Å². The van der Waals surface area contributed by atoms with Crippen molar-refractivity contribution in [3.05, 3.63) is 77.0 Å². The maximum Gasteiger partial charge on any atom is 0.261 e. The van der Waals surface area contributed by atoms with Crippen molar-refractivity contribution in [3.8, 4) is 0 Å². The first-order valence-electron chi connectivity index (χ1n) is 10.5. The van der Waals surface area contributed by atoms with Crippen molar-refractivity contribution < 1.29 is 4.79 Å². The largest absolute Gasteiger partial charge is 0.361 e. The van der Waals surface area contributed by atoms with Crippen LogP contribution in [0, 0.1) is 0 Å². The molecule has 0 fully saturated rings. The highest BCUT2D eigenvalue weighted by atomic mass is 16.1. The Kier molecular flexibility index (Phi) is 6.23. The molecule has 30 heavy (non-hydrogen) atoms. The first-order valence-corrected chi connectivity index (χ1v) is 10.5. The van der Waals surface area contributed by atoms with Crippen molar-refractivity contribution in [3.63, 3.8) is 0 Å². The summed E-state index contributed by atoms with van der Waals surface area (Å²) in [6.45, 7) is 1.26. The molecule has 2 N–H and O–H groups in total. The Morgan fingerprint density at radius 3 is 2.70 bits per heavy atom. The average Bonchev–Trinajstić information content (AvgIpc) is 3.18. The molecule has 2 aromatic carbocycles. The second-order valence-electron chi connectivity index (χ2n) is 7.53. The maximum atomic E-state index is 12.5. The lowest BCUT2D eigenvalue weighted by Crippen LogP contribution is -2.25. The van der Waals surface area contributed by atoms with Crippen LogP contribution < -0.4 is 10.9 Å². The van der Waals surface area contributed by atoms with Gasteiger partial charge in [-0.1, -0.05) is 36.8 Å². The number of unbranched alkanes of at least 4 members (excludes halogenated alkanes) is 2. The SMILES string of the molecule is O=C(CCCCCn1cnc2ccccc2c1=O)NCCc1c[nH]c2ccccc12. The first-order chi connectivity index (χ1) is 14.7. The summed E-state index contributed by atoms with van der Waals surface area (Å²) in [4.78, 5) is 32.1.